The molecule has 8 rings (SSSR count). The van der Waals surface area contributed by atoms with Gasteiger partial charge < -0.3 is 24.8 Å². The Balaban J connectivity index is 0.000000175. The van der Waals surface area contributed by atoms with Gasteiger partial charge in [-0.1, -0.05) is 41.5 Å². The molecule has 326 valence electrons. The smallest absolute Gasteiger partial charge is 0.307 e. The molecule has 0 bridgehead atoms. The van der Waals surface area contributed by atoms with Crippen LogP contribution in [0, 0.1) is 92.7 Å². The number of aliphatic hydroxyl groups excluding tert-OH is 2. The Morgan fingerprint density at radius 1 is 0.579 bits per heavy atom. The SMILES string of the molecule is COCOC(=O)CC[C@@H](C)[C@H]1CCC2[C@@H]3CC[C@@H]4C[C@H](O)CC[C@]4(C)[C@H]3CC[C@@]21C.C[C@H](CCC(=O)O)[C@H]1CCC2C3CCC4CC(O)CC[C@]4(C)C3CC[C@@]21C. The van der Waals surface area contributed by atoms with Gasteiger partial charge in [-0.05, 0) is 221 Å². The minimum absolute atomic E-state index is 0.0548. The molecule has 0 radical (unpaired) electrons. The highest BCUT2D eigenvalue weighted by Crippen LogP contribution is 2.70. The highest BCUT2D eigenvalue weighted by molar-refractivity contribution is 5.69. The predicted molar refractivity (Wildman–Crippen MR) is 225 cm³/mol. The summed E-state index contributed by atoms with van der Waals surface area (Å²) in [5.41, 5.74) is 1.78. The average Bonchev–Trinajstić information content (AvgIpc) is 3.73. The zero-order valence-electron chi connectivity index (χ0n) is 37.3. The van der Waals surface area contributed by atoms with Crippen molar-refractivity contribution in [1.82, 2.24) is 0 Å². The standard InChI is InChI=1S/C26H44O4.C24H40O3/c1-17(5-10-24(28)30-16-29-4)21-8-9-22-20-7-6-18-15-19(27)11-13-25(18,2)23(20)12-14-26(21,22)3;1-15(4-9-22(26)27)19-7-8-20-18-6-5-16-14-17(25)10-12-23(16,2)21(18)11-13-24(19,20)3/h17-23,27H,5-16H2,1-4H3;15-21,25H,4-14H2,1-3H3,(H,26,27)/t17-,18-,19-,20+,21-,22?,23+,25+,26-;15-,16?,17?,18?,19-,20?,21?,23+,24-/m11/s1. The summed E-state index contributed by atoms with van der Waals surface area (Å²) < 4.78 is 9.95. The molecule has 8 aliphatic rings. The van der Waals surface area contributed by atoms with E-state index in [-0.39, 0.29) is 25.0 Å². The van der Waals surface area contributed by atoms with Crippen molar-refractivity contribution in [3.8, 4) is 0 Å². The Labute approximate surface area is 347 Å². The fraction of sp³-hybridized carbons (Fsp3) is 0.960. The second kappa shape index (κ2) is 17.3. The normalized spacial score (nSPS) is 48.3. The van der Waals surface area contributed by atoms with Crippen LogP contribution in [0.15, 0.2) is 0 Å². The monoisotopic (exact) mass is 797 g/mol. The van der Waals surface area contributed by atoms with Crippen LogP contribution in [0.1, 0.15) is 183 Å². The third-order valence-corrected chi connectivity index (χ3v) is 20.8. The van der Waals surface area contributed by atoms with Crippen LogP contribution in [0.5, 0.6) is 0 Å². The Kier molecular flexibility index (Phi) is 13.3. The lowest BCUT2D eigenvalue weighted by Gasteiger charge is -2.61. The number of hydrogen-bond acceptors (Lipinski definition) is 6. The molecule has 0 saturated heterocycles. The molecule has 0 spiro atoms. The molecule has 7 heteroatoms. The molecule has 6 unspecified atom stereocenters. The maximum absolute atomic E-state index is 11.9. The van der Waals surface area contributed by atoms with Gasteiger partial charge in [-0.2, -0.15) is 0 Å². The van der Waals surface area contributed by atoms with Crippen molar-refractivity contribution >= 4 is 11.9 Å². The molecule has 57 heavy (non-hydrogen) atoms. The summed E-state index contributed by atoms with van der Waals surface area (Å²) in [6.45, 7) is 15.0. The first-order valence-electron chi connectivity index (χ1n) is 24.3. The third-order valence-electron chi connectivity index (χ3n) is 20.8. The van der Waals surface area contributed by atoms with Crippen LogP contribution in [0.25, 0.3) is 0 Å². The zero-order chi connectivity index (χ0) is 40.9. The minimum Gasteiger partial charge on any atom is -0.481 e. The number of carboxylic acid groups (broad SMARTS) is 1. The highest BCUT2D eigenvalue weighted by Gasteiger charge is 2.62. The van der Waals surface area contributed by atoms with Crippen molar-refractivity contribution in [3.63, 3.8) is 0 Å². The molecule has 8 fully saturated rings. The van der Waals surface area contributed by atoms with E-state index < -0.39 is 5.97 Å². The molecule has 0 amide bonds. The summed E-state index contributed by atoms with van der Waals surface area (Å²) in [4.78, 5) is 23.0. The maximum atomic E-state index is 11.9. The van der Waals surface area contributed by atoms with E-state index in [9.17, 15) is 19.8 Å². The van der Waals surface area contributed by atoms with Crippen LogP contribution in [-0.4, -0.2) is 53.4 Å². The van der Waals surface area contributed by atoms with Gasteiger partial charge in [-0.15, -0.1) is 0 Å². The van der Waals surface area contributed by atoms with Crippen LogP contribution in [0.2, 0.25) is 0 Å². The number of rotatable bonds is 10. The molecule has 0 aromatic heterocycles. The summed E-state index contributed by atoms with van der Waals surface area (Å²) in [6, 6.07) is 0. The van der Waals surface area contributed by atoms with Crippen molar-refractivity contribution in [2.45, 2.75) is 195 Å². The lowest BCUT2D eigenvalue weighted by molar-refractivity contribution is -0.154. The fourth-order valence-corrected chi connectivity index (χ4v) is 17.7. The lowest BCUT2D eigenvalue weighted by atomic mass is 9.44. The highest BCUT2D eigenvalue weighted by atomic mass is 16.7. The summed E-state index contributed by atoms with van der Waals surface area (Å²) in [5, 5.41) is 29.5. The number of carboxylic acids is 1. The molecule has 8 aliphatic carbocycles. The number of fused-ring (bicyclic) bond motifs is 10. The molecule has 0 aliphatic heterocycles. The molecule has 18 atom stereocenters. The van der Waals surface area contributed by atoms with Crippen LogP contribution < -0.4 is 0 Å². The van der Waals surface area contributed by atoms with Crippen molar-refractivity contribution in [3.05, 3.63) is 0 Å². The molecule has 8 saturated carbocycles. The molecule has 7 nitrogen and oxygen atoms in total. The number of carbonyl (C=O) groups excluding carboxylic acids is 1. The number of methoxy groups -OCH3 is 1. The van der Waals surface area contributed by atoms with Gasteiger partial charge in [-0.3, -0.25) is 9.59 Å². The maximum Gasteiger partial charge on any atom is 0.307 e. The number of carbonyl (C=O) groups is 2. The number of aliphatic hydroxyl groups is 2. The van der Waals surface area contributed by atoms with Gasteiger partial charge in [-0.25, -0.2) is 0 Å². The first-order chi connectivity index (χ1) is 27.0. The van der Waals surface area contributed by atoms with Gasteiger partial charge in [0.25, 0.3) is 0 Å². The first-order valence-corrected chi connectivity index (χ1v) is 24.3. The third kappa shape index (κ3) is 8.17. The summed E-state index contributed by atoms with van der Waals surface area (Å²) in [6.07, 6.45) is 25.3. The average molecular weight is 797 g/mol. The number of aliphatic carboxylic acids is 1. The van der Waals surface area contributed by atoms with E-state index in [0.29, 0.717) is 52.3 Å². The largest absolute Gasteiger partial charge is 0.481 e. The Morgan fingerprint density at radius 2 is 1.00 bits per heavy atom. The van der Waals surface area contributed by atoms with Crippen molar-refractivity contribution in [2.24, 2.45) is 92.7 Å². The van der Waals surface area contributed by atoms with Gasteiger partial charge in [0.2, 0.25) is 0 Å². The second-order valence-corrected chi connectivity index (χ2v) is 23.0. The van der Waals surface area contributed by atoms with E-state index in [1.54, 1.807) is 7.11 Å². The van der Waals surface area contributed by atoms with E-state index in [1.807, 2.05) is 0 Å². The quantitative estimate of drug-likeness (QED) is 0.149. The van der Waals surface area contributed by atoms with Crippen LogP contribution in [-0.2, 0) is 19.1 Å². The summed E-state index contributed by atoms with van der Waals surface area (Å²) in [5.74, 6) is 8.42. The second-order valence-electron chi connectivity index (χ2n) is 23.0. The zero-order valence-corrected chi connectivity index (χ0v) is 37.3. The fourth-order valence-electron chi connectivity index (χ4n) is 17.7. The Morgan fingerprint density at radius 3 is 1.44 bits per heavy atom. The topological polar surface area (TPSA) is 113 Å². The lowest BCUT2D eigenvalue weighted by Crippen LogP contribution is -2.54. The van der Waals surface area contributed by atoms with E-state index in [4.69, 9.17) is 14.6 Å². The van der Waals surface area contributed by atoms with E-state index >= 15 is 0 Å². The van der Waals surface area contributed by atoms with Gasteiger partial charge >= 0.3 is 11.9 Å². The van der Waals surface area contributed by atoms with Crippen LogP contribution >= 0.6 is 0 Å². The minimum atomic E-state index is -0.643. The number of esters is 1. The van der Waals surface area contributed by atoms with E-state index in [0.717, 1.165) is 91.8 Å². The Hall–Kier alpha value is -1.18. The van der Waals surface area contributed by atoms with Crippen LogP contribution in [0.3, 0.4) is 0 Å². The van der Waals surface area contributed by atoms with Crippen molar-refractivity contribution in [1.29, 1.82) is 0 Å². The van der Waals surface area contributed by atoms with Gasteiger partial charge in [0.05, 0.1) is 12.2 Å². The molecular weight excluding hydrogens is 713 g/mol. The first kappa shape index (κ1) is 43.9. The van der Waals surface area contributed by atoms with Gasteiger partial charge in [0, 0.05) is 20.0 Å². The van der Waals surface area contributed by atoms with Crippen LogP contribution in [0.4, 0.5) is 0 Å². The number of hydrogen-bond donors (Lipinski definition) is 3. The molecule has 0 aromatic rings. The molecule has 0 aromatic carbocycles. The molecule has 3 N–H and O–H groups in total. The Bertz CT molecular complexity index is 1400. The summed E-state index contributed by atoms with van der Waals surface area (Å²) >= 11 is 0. The van der Waals surface area contributed by atoms with Crippen molar-refractivity contribution in [2.75, 3.05) is 13.9 Å². The van der Waals surface area contributed by atoms with Crippen molar-refractivity contribution < 1.29 is 34.4 Å². The van der Waals surface area contributed by atoms with E-state index in [1.165, 1.54) is 89.9 Å². The van der Waals surface area contributed by atoms with Gasteiger partial charge in [0.15, 0.2) is 6.79 Å². The number of ether oxygens (including phenoxy) is 2. The van der Waals surface area contributed by atoms with Gasteiger partial charge in [0.1, 0.15) is 0 Å². The predicted octanol–water partition coefficient (Wildman–Crippen LogP) is 11.1. The molecular formula is C50H84O7. The van der Waals surface area contributed by atoms with E-state index in [2.05, 4.69) is 41.5 Å². The molecule has 0 heterocycles. The summed E-state index contributed by atoms with van der Waals surface area (Å²) in [7, 11) is 1.55.